The fourth-order valence-electron chi connectivity index (χ4n) is 1.75. The summed E-state index contributed by atoms with van der Waals surface area (Å²) in [4.78, 5) is 24.5. The molecule has 0 bridgehead atoms. The zero-order valence-corrected chi connectivity index (χ0v) is 9.94. The molecule has 2 heterocycles. The Balaban J connectivity index is 2.03. The van der Waals surface area contributed by atoms with Gasteiger partial charge in [0.1, 0.15) is 6.04 Å². The minimum Gasteiger partial charge on any atom is -0.480 e. The first kappa shape index (κ1) is 12.0. The van der Waals surface area contributed by atoms with Crippen LogP contribution in [0.5, 0.6) is 0 Å². The van der Waals surface area contributed by atoms with Gasteiger partial charge >= 0.3 is 5.97 Å². The third kappa shape index (κ3) is 2.79. The number of carbonyl (C=O) groups excluding carboxylic acids is 1. The molecule has 2 rings (SSSR count). The van der Waals surface area contributed by atoms with Crippen molar-refractivity contribution in [3.05, 3.63) is 18.0 Å². The summed E-state index contributed by atoms with van der Waals surface area (Å²) in [5, 5.41) is 15.5. The van der Waals surface area contributed by atoms with Crippen molar-refractivity contribution in [3.8, 4) is 0 Å². The molecule has 0 radical (unpaired) electrons. The van der Waals surface area contributed by atoms with E-state index in [1.54, 1.807) is 24.0 Å². The summed E-state index contributed by atoms with van der Waals surface area (Å²) < 4.78 is 0. The van der Waals surface area contributed by atoms with Crippen LogP contribution in [-0.2, 0) is 16.0 Å². The number of carboxylic acids is 1. The van der Waals surface area contributed by atoms with E-state index in [4.69, 9.17) is 5.11 Å². The number of amides is 1. The van der Waals surface area contributed by atoms with Gasteiger partial charge in [-0.15, -0.1) is 0 Å². The van der Waals surface area contributed by atoms with Crippen molar-refractivity contribution in [1.82, 2.24) is 15.1 Å². The van der Waals surface area contributed by atoms with Crippen LogP contribution in [0.25, 0.3) is 0 Å². The van der Waals surface area contributed by atoms with Crippen molar-refractivity contribution >= 4 is 23.6 Å². The van der Waals surface area contributed by atoms with Crippen molar-refractivity contribution in [3.63, 3.8) is 0 Å². The van der Waals surface area contributed by atoms with Gasteiger partial charge in [-0.25, -0.2) is 4.79 Å². The summed E-state index contributed by atoms with van der Waals surface area (Å²) in [5.74, 6) is 0.153. The lowest BCUT2D eigenvalue weighted by Crippen LogP contribution is -2.50. The Bertz CT molecular complexity index is 407. The first-order valence-electron chi connectivity index (χ1n) is 5.27. The summed E-state index contributed by atoms with van der Waals surface area (Å²) in [7, 11) is 0. The van der Waals surface area contributed by atoms with Crippen molar-refractivity contribution in [1.29, 1.82) is 0 Å². The highest BCUT2D eigenvalue weighted by atomic mass is 32.2. The average Bonchev–Trinajstić information content (AvgIpc) is 2.81. The SMILES string of the molecule is O=C(O)C1CSCCN1C(=O)Cc1ccn[nH]1. The van der Waals surface area contributed by atoms with Gasteiger partial charge in [0.15, 0.2) is 0 Å². The maximum atomic E-state index is 12.0. The minimum atomic E-state index is -0.935. The molecule has 1 aliphatic rings. The second kappa shape index (κ2) is 5.22. The molecule has 0 saturated carbocycles. The van der Waals surface area contributed by atoms with Gasteiger partial charge in [-0.1, -0.05) is 0 Å². The van der Waals surface area contributed by atoms with Gasteiger partial charge in [0.05, 0.1) is 6.42 Å². The van der Waals surface area contributed by atoms with Crippen LogP contribution in [0.2, 0.25) is 0 Å². The number of aliphatic carboxylic acids is 1. The Morgan fingerprint density at radius 2 is 2.47 bits per heavy atom. The molecule has 0 aromatic carbocycles. The van der Waals surface area contributed by atoms with Crippen LogP contribution in [-0.4, -0.2) is 56.2 Å². The van der Waals surface area contributed by atoms with Crippen LogP contribution in [0, 0.1) is 0 Å². The van der Waals surface area contributed by atoms with E-state index in [2.05, 4.69) is 10.2 Å². The van der Waals surface area contributed by atoms with Crippen molar-refractivity contribution in [2.75, 3.05) is 18.1 Å². The van der Waals surface area contributed by atoms with Gasteiger partial charge in [-0.3, -0.25) is 9.89 Å². The zero-order valence-electron chi connectivity index (χ0n) is 9.13. The normalized spacial score (nSPS) is 20.2. The molecule has 1 unspecified atom stereocenters. The van der Waals surface area contributed by atoms with E-state index in [1.807, 2.05) is 0 Å². The molecular formula is C10H13N3O3S. The topological polar surface area (TPSA) is 86.3 Å². The highest BCUT2D eigenvalue weighted by Crippen LogP contribution is 2.17. The molecule has 92 valence electrons. The van der Waals surface area contributed by atoms with Gasteiger partial charge in [0, 0.05) is 29.9 Å². The van der Waals surface area contributed by atoms with E-state index in [9.17, 15) is 9.59 Å². The number of aromatic nitrogens is 2. The van der Waals surface area contributed by atoms with Gasteiger partial charge < -0.3 is 10.0 Å². The average molecular weight is 255 g/mol. The Morgan fingerprint density at radius 3 is 3.12 bits per heavy atom. The fourth-order valence-corrected chi connectivity index (χ4v) is 2.79. The standard InChI is InChI=1S/C10H13N3O3S/c14-9(5-7-1-2-11-12-7)13-3-4-17-6-8(13)10(15)16/h1-2,8H,3-6H2,(H,11,12)(H,15,16). The lowest BCUT2D eigenvalue weighted by molar-refractivity contribution is -0.149. The molecule has 2 N–H and O–H groups in total. The number of nitrogens with zero attached hydrogens (tertiary/aromatic N) is 2. The smallest absolute Gasteiger partial charge is 0.327 e. The number of carbonyl (C=O) groups is 2. The molecule has 1 saturated heterocycles. The quantitative estimate of drug-likeness (QED) is 0.792. The molecule has 17 heavy (non-hydrogen) atoms. The number of nitrogens with one attached hydrogen (secondary N) is 1. The van der Waals surface area contributed by atoms with E-state index >= 15 is 0 Å². The Labute approximate surface area is 102 Å². The third-order valence-corrected chi connectivity index (χ3v) is 3.66. The Kier molecular flexibility index (Phi) is 3.68. The second-order valence-electron chi connectivity index (χ2n) is 3.77. The summed E-state index contributed by atoms with van der Waals surface area (Å²) in [6.45, 7) is 0.495. The van der Waals surface area contributed by atoms with E-state index in [0.717, 1.165) is 5.75 Å². The van der Waals surface area contributed by atoms with Gasteiger partial charge in [0.25, 0.3) is 0 Å². The molecule has 1 amide bonds. The predicted octanol–water partition coefficient (Wildman–Crippen LogP) is -0.0192. The first-order chi connectivity index (χ1) is 8.18. The molecule has 1 aromatic heterocycles. The molecule has 7 heteroatoms. The van der Waals surface area contributed by atoms with E-state index < -0.39 is 12.0 Å². The number of thioether (sulfide) groups is 1. The lowest BCUT2D eigenvalue weighted by atomic mass is 10.2. The third-order valence-electron chi connectivity index (χ3n) is 2.63. The number of rotatable bonds is 3. The molecule has 6 nitrogen and oxygen atoms in total. The second-order valence-corrected chi connectivity index (χ2v) is 4.92. The van der Waals surface area contributed by atoms with E-state index in [1.165, 1.54) is 4.90 Å². The van der Waals surface area contributed by atoms with Crippen LogP contribution in [0.1, 0.15) is 5.69 Å². The van der Waals surface area contributed by atoms with Gasteiger partial charge in [0.2, 0.25) is 5.91 Å². The lowest BCUT2D eigenvalue weighted by Gasteiger charge is -2.32. The van der Waals surface area contributed by atoms with Crippen LogP contribution >= 0.6 is 11.8 Å². The highest BCUT2D eigenvalue weighted by Gasteiger charge is 2.32. The number of aromatic amines is 1. The molecule has 1 aromatic rings. The Morgan fingerprint density at radius 1 is 1.65 bits per heavy atom. The molecule has 1 aliphatic heterocycles. The molecule has 0 aliphatic carbocycles. The zero-order chi connectivity index (χ0) is 12.3. The van der Waals surface area contributed by atoms with Crippen molar-refractivity contribution < 1.29 is 14.7 Å². The van der Waals surface area contributed by atoms with Gasteiger partial charge in [-0.05, 0) is 6.07 Å². The van der Waals surface area contributed by atoms with Crippen LogP contribution < -0.4 is 0 Å². The summed E-state index contributed by atoms with van der Waals surface area (Å²) in [5.41, 5.74) is 0.706. The van der Waals surface area contributed by atoms with Crippen molar-refractivity contribution in [2.45, 2.75) is 12.5 Å². The Hall–Kier alpha value is -1.50. The maximum Gasteiger partial charge on any atom is 0.327 e. The summed E-state index contributed by atoms with van der Waals surface area (Å²) >= 11 is 1.57. The largest absolute Gasteiger partial charge is 0.480 e. The molecule has 1 fully saturated rings. The summed E-state index contributed by atoms with van der Waals surface area (Å²) in [6, 6.07) is 1.01. The fraction of sp³-hybridized carbons (Fsp3) is 0.500. The summed E-state index contributed by atoms with van der Waals surface area (Å²) in [6.07, 6.45) is 1.75. The first-order valence-corrected chi connectivity index (χ1v) is 6.42. The highest BCUT2D eigenvalue weighted by molar-refractivity contribution is 7.99. The molecular weight excluding hydrogens is 242 g/mol. The molecule has 0 spiro atoms. The number of hydrogen-bond acceptors (Lipinski definition) is 4. The van der Waals surface area contributed by atoms with Crippen LogP contribution in [0.3, 0.4) is 0 Å². The maximum absolute atomic E-state index is 12.0. The van der Waals surface area contributed by atoms with Crippen LogP contribution in [0.4, 0.5) is 0 Å². The number of H-pyrrole nitrogens is 1. The predicted molar refractivity (Wildman–Crippen MR) is 62.8 cm³/mol. The number of carboxylic acid groups (broad SMARTS) is 1. The van der Waals surface area contributed by atoms with Crippen LogP contribution in [0.15, 0.2) is 12.3 Å². The monoisotopic (exact) mass is 255 g/mol. The number of hydrogen-bond donors (Lipinski definition) is 2. The van der Waals surface area contributed by atoms with Gasteiger partial charge in [-0.2, -0.15) is 16.9 Å². The van der Waals surface area contributed by atoms with E-state index in [-0.39, 0.29) is 12.3 Å². The minimum absolute atomic E-state index is 0.165. The van der Waals surface area contributed by atoms with E-state index in [0.29, 0.717) is 18.0 Å². The molecule has 1 atom stereocenters. The van der Waals surface area contributed by atoms with Crippen molar-refractivity contribution in [2.24, 2.45) is 0 Å².